The minimum Gasteiger partial charge on any atom is -1.00 e. The average Bonchev–Trinajstić information content (AvgIpc) is 2.82. The number of para-hydroxylation sites is 1. The maximum Gasteiger partial charge on any atom is 1.00 e. The van der Waals surface area contributed by atoms with Crippen LogP contribution in [0.5, 0.6) is 0 Å². The third kappa shape index (κ3) is 7.30. The predicted molar refractivity (Wildman–Crippen MR) is 143 cm³/mol. The van der Waals surface area contributed by atoms with Crippen molar-refractivity contribution in [1.29, 1.82) is 0 Å². The van der Waals surface area contributed by atoms with Gasteiger partial charge in [-0.3, -0.25) is 10.1 Å². The molecule has 0 saturated heterocycles. The van der Waals surface area contributed by atoms with Crippen molar-refractivity contribution >= 4 is 36.5 Å². The molecule has 0 spiro atoms. The number of nitrogens with one attached hydrogen (secondary N) is 1. The number of anilines is 2. The van der Waals surface area contributed by atoms with E-state index < -0.39 is 5.60 Å². The van der Waals surface area contributed by atoms with Gasteiger partial charge in [-0.05, 0) is 31.0 Å². The van der Waals surface area contributed by atoms with E-state index in [-0.39, 0.29) is 62.4 Å². The molecule has 3 radical (unpaired) electrons. The number of pyridine rings is 1. The maximum absolute atomic E-state index is 12.5. The van der Waals surface area contributed by atoms with E-state index in [0.29, 0.717) is 29.7 Å². The van der Waals surface area contributed by atoms with Crippen LogP contribution < -0.4 is 39.8 Å². The monoisotopic (exact) mass is 491 g/mol. The summed E-state index contributed by atoms with van der Waals surface area (Å²) in [5.74, 6) is 0.287. The standard InChI is InChI=1S/C27H28N4O3.B.Na.H/c1-27(2,32)19-28-24-22-15-9-10-16-23(22)29-26(25(24)31(33)34)30(17-20-11-5-3-6-12-20)18-21-13-7-4-8-14-21;;;/h3-16,32H,17-19H2,1-2H3,(H,28,29);;;/q;;+1;-1. The van der Waals surface area contributed by atoms with Crippen molar-refractivity contribution in [3.8, 4) is 0 Å². The molecule has 0 aliphatic heterocycles. The Hall–Kier alpha value is -2.91. The summed E-state index contributed by atoms with van der Waals surface area (Å²) in [5, 5.41) is 26.5. The van der Waals surface area contributed by atoms with Gasteiger partial charge in [0.1, 0.15) is 5.69 Å². The molecule has 0 unspecified atom stereocenters. The van der Waals surface area contributed by atoms with Crippen LogP contribution in [0.1, 0.15) is 26.4 Å². The SMILES string of the molecule is CC(C)(O)CNc1c([N+](=O)[O-])c(N(Cc2ccccc2)Cc2ccccc2)nc2ccccc12.[B].[H-].[Na+]. The molecule has 4 aromatic rings. The molecule has 0 aliphatic carbocycles. The van der Waals surface area contributed by atoms with Gasteiger partial charge in [0.05, 0.1) is 16.0 Å². The van der Waals surface area contributed by atoms with Crippen molar-refractivity contribution in [2.24, 2.45) is 0 Å². The molecular weight excluding hydrogens is 462 g/mol. The first-order valence-corrected chi connectivity index (χ1v) is 11.2. The quantitative estimate of drug-likeness (QED) is 0.212. The third-order valence-electron chi connectivity index (χ3n) is 5.46. The van der Waals surface area contributed by atoms with E-state index in [1.165, 1.54) is 0 Å². The number of aromatic nitrogens is 1. The van der Waals surface area contributed by atoms with E-state index in [1.807, 2.05) is 89.8 Å². The van der Waals surface area contributed by atoms with Gasteiger partial charge < -0.3 is 16.7 Å². The molecule has 0 fully saturated rings. The van der Waals surface area contributed by atoms with Crippen LogP contribution in [0.25, 0.3) is 10.9 Å². The summed E-state index contributed by atoms with van der Waals surface area (Å²) in [6.45, 7) is 4.37. The molecular formula is C27H29BN4NaO3. The van der Waals surface area contributed by atoms with Gasteiger partial charge >= 0.3 is 35.2 Å². The second kappa shape index (κ2) is 12.9. The Morgan fingerprint density at radius 3 is 1.94 bits per heavy atom. The topological polar surface area (TPSA) is 91.5 Å². The molecule has 7 nitrogen and oxygen atoms in total. The molecule has 0 saturated carbocycles. The Balaban J connectivity index is 0.00000228. The number of hydrogen-bond acceptors (Lipinski definition) is 6. The van der Waals surface area contributed by atoms with Crippen LogP contribution in [0.2, 0.25) is 0 Å². The average molecular weight is 491 g/mol. The van der Waals surface area contributed by atoms with E-state index in [2.05, 4.69) is 5.32 Å². The van der Waals surface area contributed by atoms with Crippen LogP contribution in [0.15, 0.2) is 84.9 Å². The van der Waals surface area contributed by atoms with E-state index in [4.69, 9.17) is 4.98 Å². The van der Waals surface area contributed by atoms with Crippen LogP contribution in [-0.4, -0.2) is 35.6 Å². The summed E-state index contributed by atoms with van der Waals surface area (Å²) < 4.78 is 0. The van der Waals surface area contributed by atoms with Gasteiger partial charge in [-0.2, -0.15) is 0 Å². The fraction of sp³-hybridized carbons (Fsp3) is 0.222. The Kier molecular flexibility index (Phi) is 10.5. The zero-order chi connectivity index (χ0) is 24.1. The number of rotatable bonds is 9. The van der Waals surface area contributed by atoms with Crippen molar-refractivity contribution in [3.05, 3.63) is 106 Å². The fourth-order valence-corrected chi connectivity index (χ4v) is 3.88. The Labute approximate surface area is 237 Å². The number of aliphatic hydroxyl groups is 1. The minimum absolute atomic E-state index is 0. The third-order valence-corrected chi connectivity index (χ3v) is 5.46. The largest absolute Gasteiger partial charge is 1.00 e. The molecule has 36 heavy (non-hydrogen) atoms. The molecule has 4 rings (SSSR count). The van der Waals surface area contributed by atoms with Crippen LogP contribution in [0.4, 0.5) is 17.2 Å². The first kappa shape index (κ1) is 29.3. The van der Waals surface area contributed by atoms with Gasteiger partial charge in [-0.15, -0.1) is 0 Å². The molecule has 9 heteroatoms. The summed E-state index contributed by atoms with van der Waals surface area (Å²) in [6, 6.07) is 27.0. The first-order valence-electron chi connectivity index (χ1n) is 11.2. The second-order valence-corrected chi connectivity index (χ2v) is 8.93. The first-order chi connectivity index (χ1) is 16.3. The maximum atomic E-state index is 12.5. The predicted octanol–water partition coefficient (Wildman–Crippen LogP) is 2.27. The van der Waals surface area contributed by atoms with E-state index in [9.17, 15) is 15.2 Å². The number of benzene rings is 3. The summed E-state index contributed by atoms with van der Waals surface area (Å²) in [5.41, 5.74) is 1.90. The molecule has 3 aromatic carbocycles. The van der Waals surface area contributed by atoms with Crippen LogP contribution in [0.3, 0.4) is 0 Å². The molecule has 179 valence electrons. The summed E-state index contributed by atoms with van der Waals surface area (Å²) >= 11 is 0. The summed E-state index contributed by atoms with van der Waals surface area (Å²) in [6.07, 6.45) is 0. The number of nitrogens with zero attached hydrogens (tertiary/aromatic N) is 3. The Morgan fingerprint density at radius 1 is 0.944 bits per heavy atom. The van der Waals surface area contributed by atoms with Gasteiger partial charge in [0.2, 0.25) is 5.82 Å². The van der Waals surface area contributed by atoms with E-state index in [1.54, 1.807) is 13.8 Å². The van der Waals surface area contributed by atoms with E-state index >= 15 is 0 Å². The normalized spacial score (nSPS) is 10.8. The van der Waals surface area contributed by atoms with Crippen LogP contribution in [0, 0.1) is 10.1 Å². The summed E-state index contributed by atoms with van der Waals surface area (Å²) in [4.78, 5) is 18.8. The molecule has 0 atom stereocenters. The van der Waals surface area contributed by atoms with Crippen molar-refractivity contribution in [3.63, 3.8) is 0 Å². The number of hydrogen-bond donors (Lipinski definition) is 2. The summed E-state index contributed by atoms with van der Waals surface area (Å²) in [7, 11) is 0. The molecule has 1 aromatic heterocycles. The smallest absolute Gasteiger partial charge is 1.00 e. The fourth-order valence-electron chi connectivity index (χ4n) is 3.88. The zero-order valence-electron chi connectivity index (χ0n) is 21.9. The zero-order valence-corrected chi connectivity index (χ0v) is 22.9. The molecule has 2 N–H and O–H groups in total. The molecule has 0 bridgehead atoms. The van der Waals surface area contributed by atoms with Gasteiger partial charge in [0, 0.05) is 33.4 Å². The molecule has 0 amide bonds. The second-order valence-electron chi connectivity index (χ2n) is 8.93. The van der Waals surface area contributed by atoms with E-state index in [0.717, 1.165) is 11.1 Å². The molecule has 1 heterocycles. The number of nitro groups is 1. The van der Waals surface area contributed by atoms with Gasteiger partial charge in [-0.1, -0.05) is 78.9 Å². The van der Waals surface area contributed by atoms with Gasteiger partial charge in [0.15, 0.2) is 0 Å². The van der Waals surface area contributed by atoms with Crippen molar-refractivity contribution < 1.29 is 41.0 Å². The van der Waals surface area contributed by atoms with Gasteiger partial charge in [-0.25, -0.2) is 4.98 Å². The molecule has 0 aliphatic rings. The van der Waals surface area contributed by atoms with Crippen molar-refractivity contribution in [2.75, 3.05) is 16.8 Å². The minimum atomic E-state index is -1.05. The van der Waals surface area contributed by atoms with Gasteiger partial charge in [0.25, 0.3) is 0 Å². The Morgan fingerprint density at radius 2 is 1.44 bits per heavy atom. The Bertz CT molecular complexity index is 1250. The van der Waals surface area contributed by atoms with Crippen molar-refractivity contribution in [2.45, 2.75) is 32.5 Å². The van der Waals surface area contributed by atoms with Crippen molar-refractivity contribution in [1.82, 2.24) is 4.98 Å². The van der Waals surface area contributed by atoms with Crippen LogP contribution >= 0.6 is 0 Å². The van der Waals surface area contributed by atoms with Crippen LogP contribution in [-0.2, 0) is 13.1 Å². The number of fused-ring (bicyclic) bond motifs is 1.